The van der Waals surface area contributed by atoms with Crippen LogP contribution in [0.15, 0.2) is 16.7 Å². The number of rotatable bonds is 2. The molecule has 0 saturated carbocycles. The van der Waals surface area contributed by atoms with Crippen molar-refractivity contribution < 1.29 is 9.50 Å². The van der Waals surface area contributed by atoms with Gasteiger partial charge in [0.2, 0.25) is 5.95 Å². The minimum Gasteiger partial charge on any atom is -0.387 e. The van der Waals surface area contributed by atoms with E-state index in [4.69, 9.17) is 5.73 Å². The number of nitrogens with two attached hydrogens (primary N) is 1. The van der Waals surface area contributed by atoms with Crippen LogP contribution < -0.4 is 5.73 Å². The summed E-state index contributed by atoms with van der Waals surface area (Å²) in [5.74, 6) is -0.684. The van der Waals surface area contributed by atoms with E-state index in [2.05, 4.69) is 20.9 Å². The molecule has 1 rings (SSSR count). The highest BCUT2D eigenvalue weighted by atomic mass is 79.9. The van der Waals surface area contributed by atoms with E-state index in [0.717, 1.165) is 0 Å². The Labute approximate surface area is 77.5 Å². The van der Waals surface area contributed by atoms with E-state index in [1.807, 2.05) is 0 Å². The standard InChI is InChI=1S/C7H8BrFN2O/c8-4-1-5(6(12)2-10)7(9)11-3-4/h1,3,6,12H,2,10H2. The molecule has 66 valence electrons. The first-order valence-electron chi connectivity index (χ1n) is 3.34. The maximum atomic E-state index is 12.9. The Kier molecular flexibility index (Phi) is 3.13. The van der Waals surface area contributed by atoms with Gasteiger partial charge < -0.3 is 10.8 Å². The summed E-state index contributed by atoms with van der Waals surface area (Å²) in [6.07, 6.45) is 0.331. The van der Waals surface area contributed by atoms with Gasteiger partial charge >= 0.3 is 0 Å². The van der Waals surface area contributed by atoms with Crippen LogP contribution in [0.5, 0.6) is 0 Å². The molecule has 1 atom stereocenters. The van der Waals surface area contributed by atoms with Gasteiger partial charge in [0.1, 0.15) is 0 Å². The van der Waals surface area contributed by atoms with Gasteiger partial charge in [-0.1, -0.05) is 0 Å². The topological polar surface area (TPSA) is 59.1 Å². The summed E-state index contributed by atoms with van der Waals surface area (Å²) < 4.78 is 13.5. The van der Waals surface area contributed by atoms with E-state index in [-0.39, 0.29) is 12.1 Å². The van der Waals surface area contributed by atoms with Gasteiger partial charge in [0, 0.05) is 22.8 Å². The number of aliphatic hydroxyl groups excluding tert-OH is 1. The number of pyridine rings is 1. The molecular formula is C7H8BrFN2O. The SMILES string of the molecule is NCC(O)c1cc(Br)cnc1F. The van der Waals surface area contributed by atoms with Crippen LogP contribution in [-0.2, 0) is 0 Å². The van der Waals surface area contributed by atoms with E-state index in [9.17, 15) is 9.50 Å². The highest BCUT2D eigenvalue weighted by Gasteiger charge is 2.12. The predicted octanol–water partition coefficient (Wildman–Crippen LogP) is 0.975. The molecular weight excluding hydrogens is 227 g/mol. The van der Waals surface area contributed by atoms with E-state index in [1.54, 1.807) is 0 Å². The lowest BCUT2D eigenvalue weighted by atomic mass is 10.1. The van der Waals surface area contributed by atoms with Crippen molar-refractivity contribution in [1.82, 2.24) is 4.98 Å². The third-order valence-electron chi connectivity index (χ3n) is 1.42. The molecule has 0 amide bonds. The molecule has 1 unspecified atom stereocenters. The Balaban J connectivity index is 3.04. The van der Waals surface area contributed by atoms with Gasteiger partial charge in [0.05, 0.1) is 6.10 Å². The van der Waals surface area contributed by atoms with Gasteiger partial charge in [0.25, 0.3) is 0 Å². The zero-order valence-electron chi connectivity index (χ0n) is 6.17. The Hall–Kier alpha value is -0.520. The van der Waals surface area contributed by atoms with Gasteiger partial charge in [-0.25, -0.2) is 4.98 Å². The van der Waals surface area contributed by atoms with Crippen LogP contribution >= 0.6 is 15.9 Å². The van der Waals surface area contributed by atoms with Crippen molar-refractivity contribution in [3.8, 4) is 0 Å². The van der Waals surface area contributed by atoms with Gasteiger partial charge in [-0.2, -0.15) is 4.39 Å². The van der Waals surface area contributed by atoms with Gasteiger partial charge in [-0.05, 0) is 22.0 Å². The second-order valence-corrected chi connectivity index (χ2v) is 3.20. The molecule has 0 fully saturated rings. The van der Waals surface area contributed by atoms with E-state index in [0.29, 0.717) is 4.47 Å². The van der Waals surface area contributed by atoms with Crippen LogP contribution in [0.4, 0.5) is 4.39 Å². The van der Waals surface area contributed by atoms with Crippen LogP contribution in [-0.4, -0.2) is 16.6 Å². The van der Waals surface area contributed by atoms with Crippen LogP contribution in [0.2, 0.25) is 0 Å². The summed E-state index contributed by atoms with van der Waals surface area (Å²) in [6, 6.07) is 1.46. The fourth-order valence-corrected chi connectivity index (χ4v) is 1.15. The Morgan fingerprint density at radius 1 is 1.75 bits per heavy atom. The maximum absolute atomic E-state index is 12.9. The summed E-state index contributed by atoms with van der Waals surface area (Å²) >= 11 is 3.11. The summed E-state index contributed by atoms with van der Waals surface area (Å²) in [6.45, 7) is -0.0188. The number of aliphatic hydroxyl groups is 1. The first-order valence-corrected chi connectivity index (χ1v) is 4.13. The summed E-state index contributed by atoms with van der Waals surface area (Å²) in [7, 11) is 0. The Morgan fingerprint density at radius 2 is 2.42 bits per heavy atom. The van der Waals surface area contributed by atoms with Gasteiger partial charge in [0.15, 0.2) is 0 Å². The minimum absolute atomic E-state index is 0.0188. The molecule has 0 spiro atoms. The molecule has 0 saturated heterocycles. The molecule has 1 aromatic heterocycles. The first kappa shape index (κ1) is 9.57. The zero-order chi connectivity index (χ0) is 9.14. The number of hydrogen-bond donors (Lipinski definition) is 2. The molecule has 0 bridgehead atoms. The van der Waals surface area contributed by atoms with Crippen molar-refractivity contribution >= 4 is 15.9 Å². The van der Waals surface area contributed by atoms with E-state index >= 15 is 0 Å². The largest absolute Gasteiger partial charge is 0.387 e. The lowest BCUT2D eigenvalue weighted by Crippen LogP contribution is -2.13. The van der Waals surface area contributed by atoms with Crippen molar-refractivity contribution in [2.75, 3.05) is 6.54 Å². The first-order chi connectivity index (χ1) is 5.65. The highest BCUT2D eigenvalue weighted by Crippen LogP contribution is 2.18. The molecule has 3 N–H and O–H groups in total. The molecule has 3 nitrogen and oxygen atoms in total. The van der Waals surface area contributed by atoms with Gasteiger partial charge in [-0.15, -0.1) is 0 Å². The molecule has 0 aliphatic rings. The molecule has 0 aliphatic carbocycles. The van der Waals surface area contributed by atoms with Crippen LogP contribution in [0.3, 0.4) is 0 Å². The highest BCUT2D eigenvalue weighted by molar-refractivity contribution is 9.10. The van der Waals surface area contributed by atoms with Crippen molar-refractivity contribution in [3.63, 3.8) is 0 Å². The lowest BCUT2D eigenvalue weighted by molar-refractivity contribution is 0.180. The minimum atomic E-state index is -0.991. The third-order valence-corrected chi connectivity index (χ3v) is 1.85. The van der Waals surface area contributed by atoms with E-state index < -0.39 is 12.1 Å². The summed E-state index contributed by atoms with van der Waals surface area (Å²) in [4.78, 5) is 3.42. The van der Waals surface area contributed by atoms with E-state index in [1.165, 1.54) is 12.3 Å². The molecule has 1 aromatic rings. The van der Waals surface area contributed by atoms with Crippen molar-refractivity contribution in [1.29, 1.82) is 0 Å². The molecule has 0 radical (unpaired) electrons. The number of aromatic nitrogens is 1. The monoisotopic (exact) mass is 234 g/mol. The number of nitrogens with zero attached hydrogens (tertiary/aromatic N) is 1. The number of hydrogen-bond acceptors (Lipinski definition) is 3. The van der Waals surface area contributed by atoms with Crippen molar-refractivity contribution in [3.05, 3.63) is 28.2 Å². The lowest BCUT2D eigenvalue weighted by Gasteiger charge is -2.08. The smallest absolute Gasteiger partial charge is 0.218 e. The van der Waals surface area contributed by atoms with Crippen molar-refractivity contribution in [2.24, 2.45) is 5.73 Å². The molecule has 12 heavy (non-hydrogen) atoms. The quantitative estimate of drug-likeness (QED) is 0.751. The Morgan fingerprint density at radius 3 is 3.00 bits per heavy atom. The average Bonchev–Trinajstić information content (AvgIpc) is 2.08. The fraction of sp³-hybridized carbons (Fsp3) is 0.286. The Bertz CT molecular complexity index is 282. The zero-order valence-corrected chi connectivity index (χ0v) is 7.75. The second kappa shape index (κ2) is 3.93. The number of halogens is 2. The van der Waals surface area contributed by atoms with Crippen molar-refractivity contribution in [2.45, 2.75) is 6.10 Å². The predicted molar refractivity (Wildman–Crippen MR) is 45.9 cm³/mol. The van der Waals surface area contributed by atoms with Crippen LogP contribution in [0.1, 0.15) is 11.7 Å². The molecule has 5 heteroatoms. The normalized spacial score (nSPS) is 13.0. The fourth-order valence-electron chi connectivity index (χ4n) is 0.799. The average molecular weight is 235 g/mol. The molecule has 1 heterocycles. The maximum Gasteiger partial charge on any atom is 0.218 e. The molecule has 0 aromatic carbocycles. The second-order valence-electron chi connectivity index (χ2n) is 2.29. The summed E-state index contributed by atoms with van der Waals surface area (Å²) in [5, 5.41) is 9.21. The van der Waals surface area contributed by atoms with Crippen LogP contribution in [0, 0.1) is 5.95 Å². The molecule has 0 aliphatic heterocycles. The summed E-state index contributed by atoms with van der Waals surface area (Å²) in [5.41, 5.74) is 5.28. The van der Waals surface area contributed by atoms with Crippen LogP contribution in [0.25, 0.3) is 0 Å². The van der Waals surface area contributed by atoms with Gasteiger partial charge in [-0.3, -0.25) is 0 Å². The third kappa shape index (κ3) is 2.00.